The van der Waals surface area contributed by atoms with Crippen LogP contribution in [0.1, 0.15) is 47.1 Å². The van der Waals surface area contributed by atoms with Crippen LogP contribution < -0.4 is 0 Å². The first kappa shape index (κ1) is 18.8. The first-order valence-electron chi connectivity index (χ1n) is 10.5. The van der Waals surface area contributed by atoms with E-state index in [0.29, 0.717) is 19.1 Å². The van der Waals surface area contributed by atoms with Gasteiger partial charge in [0.1, 0.15) is 0 Å². The highest BCUT2D eigenvalue weighted by atomic mass is 16.5. The predicted octanol–water partition coefficient (Wildman–Crippen LogP) is 3.38. The topological polar surface area (TPSA) is 59.0 Å². The number of nitrogens with zero attached hydrogens (tertiary/aromatic N) is 1. The highest BCUT2D eigenvalue weighted by molar-refractivity contribution is 5.67. The highest BCUT2D eigenvalue weighted by Crippen LogP contribution is 2.49. The van der Waals surface area contributed by atoms with Crippen molar-refractivity contribution in [3.8, 4) is 0 Å². The van der Waals surface area contributed by atoms with Crippen molar-refractivity contribution in [2.24, 2.45) is 0 Å². The Morgan fingerprint density at radius 2 is 1.76 bits per heavy atom. The standard InChI is InChI=1S/C24H27NO4/c26-23(27)13-18-14-25(9-10-28-18)15-19-12-22-20-7-3-1-5-16(20)11-17-6-2-4-8-21(17)24(22)29-19/h1-8,18-19,22,24H,9-15H2,(H,26,27). The first-order chi connectivity index (χ1) is 14.2. The van der Waals surface area contributed by atoms with E-state index in [1.54, 1.807) is 0 Å². The lowest BCUT2D eigenvalue weighted by molar-refractivity contribution is -0.142. The van der Waals surface area contributed by atoms with Gasteiger partial charge < -0.3 is 14.6 Å². The molecule has 1 N–H and O–H groups in total. The van der Waals surface area contributed by atoms with Crippen molar-refractivity contribution in [2.75, 3.05) is 26.2 Å². The summed E-state index contributed by atoms with van der Waals surface area (Å²) in [5.74, 6) is -0.430. The summed E-state index contributed by atoms with van der Waals surface area (Å²) in [6, 6.07) is 17.5. The maximum Gasteiger partial charge on any atom is 0.306 e. The number of carbonyl (C=O) groups is 1. The molecule has 0 radical (unpaired) electrons. The molecule has 2 saturated heterocycles. The number of fused-ring (bicyclic) bond motifs is 5. The minimum Gasteiger partial charge on any atom is -0.481 e. The van der Waals surface area contributed by atoms with Gasteiger partial charge >= 0.3 is 5.97 Å². The van der Waals surface area contributed by atoms with E-state index in [-0.39, 0.29) is 24.7 Å². The molecule has 3 aliphatic rings. The number of morpholine rings is 1. The summed E-state index contributed by atoms with van der Waals surface area (Å²) in [5.41, 5.74) is 5.51. The van der Waals surface area contributed by atoms with Crippen molar-refractivity contribution >= 4 is 5.97 Å². The van der Waals surface area contributed by atoms with Crippen molar-refractivity contribution in [1.82, 2.24) is 4.90 Å². The number of benzene rings is 2. The third kappa shape index (κ3) is 3.82. The van der Waals surface area contributed by atoms with Crippen molar-refractivity contribution < 1.29 is 19.4 Å². The summed E-state index contributed by atoms with van der Waals surface area (Å²) in [6.07, 6.45) is 2.04. The summed E-state index contributed by atoms with van der Waals surface area (Å²) in [6.45, 7) is 2.91. The molecule has 2 aliphatic heterocycles. The fourth-order valence-corrected chi connectivity index (χ4v) is 5.25. The van der Waals surface area contributed by atoms with Crippen LogP contribution in [0.3, 0.4) is 0 Å². The molecule has 2 heterocycles. The minimum atomic E-state index is -0.801. The molecule has 1 aliphatic carbocycles. The summed E-state index contributed by atoms with van der Waals surface area (Å²) < 4.78 is 12.3. The van der Waals surface area contributed by atoms with Crippen LogP contribution in [-0.2, 0) is 20.7 Å². The fraction of sp³-hybridized carbons (Fsp3) is 0.458. The van der Waals surface area contributed by atoms with Gasteiger partial charge in [-0.05, 0) is 35.1 Å². The van der Waals surface area contributed by atoms with Gasteiger partial charge in [-0.1, -0.05) is 48.5 Å². The number of hydrogen-bond acceptors (Lipinski definition) is 4. The summed E-state index contributed by atoms with van der Waals surface area (Å²) in [5, 5.41) is 9.07. The number of carboxylic acids is 1. The van der Waals surface area contributed by atoms with E-state index in [2.05, 4.69) is 53.4 Å². The average Bonchev–Trinajstić information content (AvgIpc) is 3.06. The quantitative estimate of drug-likeness (QED) is 0.863. The SMILES string of the molecule is O=C(O)CC1CN(CC2CC3c4ccccc4Cc4ccccc4C3O2)CCO1. The monoisotopic (exact) mass is 393 g/mol. The molecular formula is C24H27NO4. The number of ether oxygens (including phenoxy) is 2. The van der Waals surface area contributed by atoms with Gasteiger partial charge in [0.2, 0.25) is 0 Å². The van der Waals surface area contributed by atoms with Crippen LogP contribution in [0.4, 0.5) is 0 Å². The molecule has 29 heavy (non-hydrogen) atoms. The lowest BCUT2D eigenvalue weighted by atomic mass is 9.87. The van der Waals surface area contributed by atoms with Crippen LogP contribution in [0.2, 0.25) is 0 Å². The van der Waals surface area contributed by atoms with E-state index in [1.807, 2.05) is 0 Å². The maximum atomic E-state index is 11.0. The Morgan fingerprint density at radius 1 is 1.03 bits per heavy atom. The van der Waals surface area contributed by atoms with Gasteiger partial charge in [-0.3, -0.25) is 9.69 Å². The predicted molar refractivity (Wildman–Crippen MR) is 109 cm³/mol. The molecule has 5 heteroatoms. The van der Waals surface area contributed by atoms with Gasteiger partial charge in [0.25, 0.3) is 0 Å². The zero-order chi connectivity index (χ0) is 19.8. The Morgan fingerprint density at radius 3 is 2.55 bits per heavy atom. The molecule has 0 bridgehead atoms. The molecule has 5 nitrogen and oxygen atoms in total. The van der Waals surface area contributed by atoms with Gasteiger partial charge in [0.15, 0.2) is 0 Å². The second-order valence-corrected chi connectivity index (χ2v) is 8.45. The molecule has 0 saturated carbocycles. The van der Waals surface area contributed by atoms with E-state index in [9.17, 15) is 4.79 Å². The molecule has 4 atom stereocenters. The zero-order valence-corrected chi connectivity index (χ0v) is 16.5. The van der Waals surface area contributed by atoms with Crippen LogP contribution >= 0.6 is 0 Å². The summed E-state index contributed by atoms with van der Waals surface area (Å²) in [4.78, 5) is 13.3. The van der Waals surface area contributed by atoms with Crippen molar-refractivity contribution in [3.63, 3.8) is 0 Å². The van der Waals surface area contributed by atoms with Crippen LogP contribution in [0.15, 0.2) is 48.5 Å². The van der Waals surface area contributed by atoms with Crippen LogP contribution in [0, 0.1) is 0 Å². The molecular weight excluding hydrogens is 366 g/mol. The van der Waals surface area contributed by atoms with E-state index in [0.717, 1.165) is 25.9 Å². The smallest absolute Gasteiger partial charge is 0.306 e. The second kappa shape index (κ2) is 7.90. The number of carboxylic acid groups (broad SMARTS) is 1. The minimum absolute atomic E-state index is 0.0635. The number of aliphatic carboxylic acids is 1. The average molecular weight is 393 g/mol. The summed E-state index contributed by atoms with van der Waals surface area (Å²) in [7, 11) is 0. The molecule has 2 aromatic carbocycles. The van der Waals surface area contributed by atoms with Crippen molar-refractivity contribution in [2.45, 2.75) is 43.5 Å². The van der Waals surface area contributed by atoms with Crippen LogP contribution in [0.5, 0.6) is 0 Å². The third-order valence-electron chi connectivity index (χ3n) is 6.51. The Kier molecular flexibility index (Phi) is 5.12. The molecule has 0 amide bonds. The number of rotatable bonds is 4. The van der Waals surface area contributed by atoms with Crippen LogP contribution in [0.25, 0.3) is 0 Å². The van der Waals surface area contributed by atoms with E-state index in [4.69, 9.17) is 14.6 Å². The highest BCUT2D eigenvalue weighted by Gasteiger charge is 2.41. The van der Waals surface area contributed by atoms with Gasteiger partial charge in [-0.25, -0.2) is 0 Å². The largest absolute Gasteiger partial charge is 0.481 e. The molecule has 152 valence electrons. The van der Waals surface area contributed by atoms with E-state index >= 15 is 0 Å². The van der Waals surface area contributed by atoms with E-state index < -0.39 is 5.97 Å². The lowest BCUT2D eigenvalue weighted by Gasteiger charge is -2.33. The molecule has 2 fully saturated rings. The first-order valence-corrected chi connectivity index (χ1v) is 10.5. The van der Waals surface area contributed by atoms with Gasteiger partial charge in [0, 0.05) is 25.6 Å². The Hall–Kier alpha value is -2.21. The maximum absolute atomic E-state index is 11.0. The molecule has 0 spiro atoms. The number of hydrogen-bond donors (Lipinski definition) is 1. The Bertz CT molecular complexity index is 844. The third-order valence-corrected chi connectivity index (χ3v) is 6.51. The van der Waals surface area contributed by atoms with Crippen molar-refractivity contribution in [3.05, 3.63) is 70.8 Å². The molecule has 0 aromatic heterocycles. The Balaban J connectivity index is 1.36. The van der Waals surface area contributed by atoms with Gasteiger partial charge in [-0.15, -0.1) is 0 Å². The summed E-state index contributed by atoms with van der Waals surface area (Å²) >= 11 is 0. The van der Waals surface area contributed by atoms with Gasteiger partial charge in [-0.2, -0.15) is 0 Å². The normalized spacial score (nSPS) is 28.8. The van der Waals surface area contributed by atoms with Gasteiger partial charge in [0.05, 0.1) is 31.3 Å². The second-order valence-electron chi connectivity index (χ2n) is 8.45. The lowest BCUT2D eigenvalue weighted by Crippen LogP contribution is -2.46. The molecule has 4 unspecified atom stereocenters. The fourth-order valence-electron chi connectivity index (χ4n) is 5.25. The Labute approximate surface area is 171 Å². The van der Waals surface area contributed by atoms with Crippen molar-refractivity contribution in [1.29, 1.82) is 0 Å². The van der Waals surface area contributed by atoms with Crippen LogP contribution in [-0.4, -0.2) is 54.4 Å². The molecule has 5 rings (SSSR count). The molecule has 2 aromatic rings. The van der Waals surface area contributed by atoms with E-state index in [1.165, 1.54) is 22.3 Å². The zero-order valence-electron chi connectivity index (χ0n) is 16.5.